The van der Waals surface area contributed by atoms with E-state index in [9.17, 15) is 8.78 Å². The zero-order chi connectivity index (χ0) is 22.8. The standard InChI is InChI=1S/C19H19F2N3O.C2H2O4/c1-25-11-10-24-18(15-4-8-17(21)9-5-15)13-23-19(24)22-12-14-2-6-16(20)7-3-14;3-1(4)2(5)6/h2-9,13H,10-12H2,1H3,(H,22,23);(H,3,4)(H,5,6). The predicted molar refractivity (Wildman–Crippen MR) is 108 cm³/mol. The van der Waals surface area contributed by atoms with Crippen molar-refractivity contribution < 1.29 is 33.3 Å². The molecule has 0 radical (unpaired) electrons. The van der Waals surface area contributed by atoms with E-state index < -0.39 is 11.9 Å². The highest BCUT2D eigenvalue weighted by atomic mass is 19.1. The van der Waals surface area contributed by atoms with Crippen LogP contribution in [0.2, 0.25) is 0 Å². The van der Waals surface area contributed by atoms with E-state index in [1.807, 2.05) is 4.57 Å². The van der Waals surface area contributed by atoms with Gasteiger partial charge in [0.15, 0.2) is 0 Å². The third-order valence-corrected chi connectivity index (χ3v) is 4.06. The van der Waals surface area contributed by atoms with Crippen LogP contribution in [0.25, 0.3) is 11.3 Å². The summed E-state index contributed by atoms with van der Waals surface area (Å²) in [4.78, 5) is 22.6. The quantitative estimate of drug-likeness (QED) is 0.490. The number of nitrogens with one attached hydrogen (secondary N) is 1. The number of aliphatic carboxylic acids is 2. The van der Waals surface area contributed by atoms with Crippen molar-refractivity contribution in [1.82, 2.24) is 9.55 Å². The molecule has 31 heavy (non-hydrogen) atoms. The van der Waals surface area contributed by atoms with Crippen molar-refractivity contribution in [3.8, 4) is 11.3 Å². The first-order valence-electron chi connectivity index (χ1n) is 9.06. The summed E-state index contributed by atoms with van der Waals surface area (Å²) in [6.07, 6.45) is 1.75. The van der Waals surface area contributed by atoms with Gasteiger partial charge in [0.1, 0.15) is 11.6 Å². The van der Waals surface area contributed by atoms with Crippen LogP contribution in [0.4, 0.5) is 14.7 Å². The molecule has 3 aromatic rings. The van der Waals surface area contributed by atoms with Gasteiger partial charge in [0.25, 0.3) is 0 Å². The minimum atomic E-state index is -1.82. The molecule has 0 saturated carbocycles. The van der Waals surface area contributed by atoms with E-state index in [-0.39, 0.29) is 11.6 Å². The molecular formula is C21H21F2N3O5. The maximum atomic E-state index is 13.2. The Morgan fingerprint density at radius 1 is 1.00 bits per heavy atom. The fraction of sp³-hybridized carbons (Fsp3) is 0.190. The first-order valence-corrected chi connectivity index (χ1v) is 9.06. The van der Waals surface area contributed by atoms with Crippen molar-refractivity contribution in [2.24, 2.45) is 0 Å². The molecule has 0 fully saturated rings. The number of aromatic nitrogens is 2. The number of halogens is 2. The molecule has 0 spiro atoms. The van der Waals surface area contributed by atoms with Crippen LogP contribution in [0.3, 0.4) is 0 Å². The molecule has 0 saturated heterocycles. The summed E-state index contributed by atoms with van der Waals surface area (Å²) in [5.74, 6) is -3.50. The molecule has 1 aromatic heterocycles. The smallest absolute Gasteiger partial charge is 0.414 e. The lowest BCUT2D eigenvalue weighted by Crippen LogP contribution is -2.11. The molecular weight excluding hydrogens is 412 g/mol. The fourth-order valence-electron chi connectivity index (χ4n) is 2.56. The zero-order valence-electron chi connectivity index (χ0n) is 16.6. The molecule has 3 N–H and O–H groups in total. The summed E-state index contributed by atoms with van der Waals surface area (Å²) >= 11 is 0. The van der Waals surface area contributed by atoms with Gasteiger partial charge in [0, 0.05) is 25.8 Å². The third-order valence-electron chi connectivity index (χ3n) is 4.06. The van der Waals surface area contributed by atoms with Gasteiger partial charge in [-0.3, -0.25) is 0 Å². The second-order valence-corrected chi connectivity index (χ2v) is 6.21. The summed E-state index contributed by atoms with van der Waals surface area (Å²) in [6.45, 7) is 1.65. The Kier molecular flexibility index (Phi) is 8.64. The van der Waals surface area contributed by atoms with Crippen LogP contribution in [0.15, 0.2) is 54.7 Å². The predicted octanol–water partition coefficient (Wildman–Crippen LogP) is 3.24. The van der Waals surface area contributed by atoms with E-state index in [1.165, 1.54) is 24.3 Å². The van der Waals surface area contributed by atoms with Gasteiger partial charge in [-0.1, -0.05) is 12.1 Å². The first-order chi connectivity index (χ1) is 14.8. The van der Waals surface area contributed by atoms with Crippen LogP contribution in [0, 0.1) is 11.6 Å². The van der Waals surface area contributed by atoms with Gasteiger partial charge in [-0.15, -0.1) is 0 Å². The summed E-state index contributed by atoms with van der Waals surface area (Å²) in [7, 11) is 1.64. The highest BCUT2D eigenvalue weighted by molar-refractivity contribution is 6.27. The number of carbonyl (C=O) groups is 2. The molecule has 3 rings (SSSR count). The number of carboxylic acids is 2. The highest BCUT2D eigenvalue weighted by Crippen LogP contribution is 2.24. The third kappa shape index (κ3) is 7.19. The zero-order valence-corrected chi connectivity index (χ0v) is 16.6. The number of benzene rings is 2. The van der Waals surface area contributed by atoms with Gasteiger partial charge in [-0.25, -0.2) is 23.4 Å². The molecule has 0 aliphatic heterocycles. The van der Waals surface area contributed by atoms with Crippen LogP contribution in [0.1, 0.15) is 5.56 Å². The minimum Gasteiger partial charge on any atom is -0.473 e. The van der Waals surface area contributed by atoms with Crippen molar-refractivity contribution in [1.29, 1.82) is 0 Å². The Morgan fingerprint density at radius 3 is 2.06 bits per heavy atom. The Hall–Kier alpha value is -3.79. The summed E-state index contributed by atoms with van der Waals surface area (Å²) in [5, 5.41) is 18.0. The summed E-state index contributed by atoms with van der Waals surface area (Å²) in [6, 6.07) is 12.6. The van der Waals surface area contributed by atoms with Crippen molar-refractivity contribution in [3.05, 3.63) is 71.9 Å². The number of hydrogen-bond donors (Lipinski definition) is 3. The first kappa shape index (κ1) is 23.5. The number of methoxy groups -OCH3 is 1. The topological polar surface area (TPSA) is 114 Å². The van der Waals surface area contributed by atoms with Crippen LogP contribution >= 0.6 is 0 Å². The Balaban J connectivity index is 0.000000501. The molecule has 164 valence electrons. The Labute approximate surface area is 176 Å². The molecule has 0 aliphatic carbocycles. The lowest BCUT2D eigenvalue weighted by Gasteiger charge is -2.13. The Morgan fingerprint density at radius 2 is 1.55 bits per heavy atom. The number of anilines is 1. The average Bonchev–Trinajstić information content (AvgIpc) is 3.15. The molecule has 8 nitrogen and oxygen atoms in total. The molecule has 1 heterocycles. The number of carboxylic acid groups (broad SMARTS) is 2. The van der Waals surface area contributed by atoms with Crippen molar-refractivity contribution >= 4 is 17.9 Å². The largest absolute Gasteiger partial charge is 0.473 e. The van der Waals surface area contributed by atoms with Gasteiger partial charge < -0.3 is 24.8 Å². The number of rotatable bonds is 7. The second-order valence-electron chi connectivity index (χ2n) is 6.21. The maximum absolute atomic E-state index is 13.2. The monoisotopic (exact) mass is 433 g/mol. The number of nitrogens with zero attached hydrogens (tertiary/aromatic N) is 2. The van der Waals surface area contributed by atoms with Gasteiger partial charge in [0.05, 0.1) is 18.5 Å². The number of imidazole rings is 1. The van der Waals surface area contributed by atoms with Gasteiger partial charge >= 0.3 is 11.9 Å². The molecule has 0 amide bonds. The molecule has 0 aliphatic rings. The van der Waals surface area contributed by atoms with Crippen molar-refractivity contribution in [2.45, 2.75) is 13.1 Å². The van der Waals surface area contributed by atoms with Gasteiger partial charge in [-0.05, 0) is 42.0 Å². The minimum absolute atomic E-state index is 0.260. The maximum Gasteiger partial charge on any atom is 0.414 e. The van der Waals surface area contributed by atoms with E-state index in [0.717, 1.165) is 16.8 Å². The van der Waals surface area contributed by atoms with E-state index in [4.69, 9.17) is 24.5 Å². The van der Waals surface area contributed by atoms with Gasteiger partial charge in [0.2, 0.25) is 5.95 Å². The van der Waals surface area contributed by atoms with E-state index >= 15 is 0 Å². The number of ether oxygens (including phenoxy) is 1. The normalized spacial score (nSPS) is 10.2. The SMILES string of the molecule is COCCn1c(-c2ccc(F)cc2)cnc1NCc1ccc(F)cc1.O=C(O)C(=O)O. The molecule has 10 heteroatoms. The van der Waals surface area contributed by atoms with Crippen LogP contribution in [-0.4, -0.2) is 45.4 Å². The van der Waals surface area contributed by atoms with E-state index in [1.54, 1.807) is 37.6 Å². The lowest BCUT2D eigenvalue weighted by atomic mass is 10.1. The molecule has 2 aromatic carbocycles. The highest BCUT2D eigenvalue weighted by Gasteiger charge is 2.12. The van der Waals surface area contributed by atoms with Crippen molar-refractivity contribution in [2.75, 3.05) is 19.0 Å². The second kappa shape index (κ2) is 11.4. The van der Waals surface area contributed by atoms with Crippen LogP contribution < -0.4 is 5.32 Å². The number of hydrogen-bond acceptors (Lipinski definition) is 5. The fourth-order valence-corrected chi connectivity index (χ4v) is 2.56. The van der Waals surface area contributed by atoms with Crippen LogP contribution in [0.5, 0.6) is 0 Å². The van der Waals surface area contributed by atoms with E-state index in [0.29, 0.717) is 25.6 Å². The van der Waals surface area contributed by atoms with Gasteiger partial charge in [-0.2, -0.15) is 0 Å². The lowest BCUT2D eigenvalue weighted by molar-refractivity contribution is -0.159. The van der Waals surface area contributed by atoms with E-state index in [2.05, 4.69) is 10.3 Å². The summed E-state index contributed by atoms with van der Waals surface area (Å²) < 4.78 is 33.3. The molecule has 0 unspecified atom stereocenters. The molecule has 0 bridgehead atoms. The van der Waals surface area contributed by atoms with Crippen LogP contribution in [-0.2, 0) is 27.4 Å². The summed E-state index contributed by atoms with van der Waals surface area (Å²) in [5.41, 5.74) is 2.70. The van der Waals surface area contributed by atoms with Crippen molar-refractivity contribution in [3.63, 3.8) is 0 Å². The Bertz CT molecular complexity index is 993. The average molecular weight is 433 g/mol. The molecule has 0 atom stereocenters.